The van der Waals surface area contributed by atoms with E-state index in [0.717, 1.165) is 28.8 Å². The summed E-state index contributed by atoms with van der Waals surface area (Å²) < 4.78 is 27.2. The average Bonchev–Trinajstić information content (AvgIpc) is 2.42. The van der Waals surface area contributed by atoms with Crippen LogP contribution in [0.4, 0.5) is 8.78 Å². The number of rotatable bonds is 4. The molecule has 0 aliphatic carbocycles. The van der Waals surface area contributed by atoms with Gasteiger partial charge in [0.05, 0.1) is 6.04 Å². The van der Waals surface area contributed by atoms with Crippen LogP contribution in [0.5, 0.6) is 0 Å². The van der Waals surface area contributed by atoms with Crippen LogP contribution in [0.2, 0.25) is 0 Å². The van der Waals surface area contributed by atoms with Crippen molar-refractivity contribution in [1.82, 2.24) is 5.43 Å². The fraction of sp³-hybridized carbons (Fsp3) is 0.250. The molecule has 1 unspecified atom stereocenters. The molecule has 2 nitrogen and oxygen atoms in total. The second kappa shape index (κ2) is 6.11. The lowest BCUT2D eigenvalue weighted by atomic mass is 9.93. The summed E-state index contributed by atoms with van der Waals surface area (Å²) in [6.45, 7) is 4.00. The van der Waals surface area contributed by atoms with Gasteiger partial charge in [0.1, 0.15) is 11.6 Å². The highest BCUT2D eigenvalue weighted by molar-refractivity contribution is 5.35. The molecule has 0 spiro atoms. The maximum absolute atomic E-state index is 13.8. The van der Waals surface area contributed by atoms with Crippen LogP contribution in [0.3, 0.4) is 0 Å². The van der Waals surface area contributed by atoms with Gasteiger partial charge in [-0.15, -0.1) is 0 Å². The summed E-state index contributed by atoms with van der Waals surface area (Å²) in [6.07, 6.45) is 0.509. The van der Waals surface area contributed by atoms with Gasteiger partial charge in [-0.1, -0.05) is 18.2 Å². The smallest absolute Gasteiger partial charge is 0.128 e. The molecule has 0 amide bonds. The Hall–Kier alpha value is -1.78. The van der Waals surface area contributed by atoms with Crippen LogP contribution in [0.15, 0.2) is 36.4 Å². The van der Waals surface area contributed by atoms with Gasteiger partial charge in [0, 0.05) is 5.56 Å². The summed E-state index contributed by atoms with van der Waals surface area (Å²) in [5.74, 6) is 4.61. The van der Waals surface area contributed by atoms with E-state index < -0.39 is 17.7 Å². The Balaban J connectivity index is 2.36. The molecule has 0 heterocycles. The topological polar surface area (TPSA) is 38.0 Å². The SMILES string of the molecule is Cc1cccc(C)c1CC(NN)c1cc(F)ccc1F. The van der Waals surface area contributed by atoms with Gasteiger partial charge in [0.15, 0.2) is 0 Å². The van der Waals surface area contributed by atoms with Gasteiger partial charge in [0.25, 0.3) is 0 Å². The van der Waals surface area contributed by atoms with E-state index in [2.05, 4.69) is 5.43 Å². The van der Waals surface area contributed by atoms with Gasteiger partial charge >= 0.3 is 0 Å². The van der Waals surface area contributed by atoms with Crippen LogP contribution < -0.4 is 11.3 Å². The number of hydrogen-bond donors (Lipinski definition) is 2. The van der Waals surface area contributed by atoms with Crippen molar-refractivity contribution in [3.05, 3.63) is 70.3 Å². The van der Waals surface area contributed by atoms with Crippen LogP contribution in [-0.4, -0.2) is 0 Å². The molecule has 0 aliphatic rings. The first-order valence-corrected chi connectivity index (χ1v) is 6.49. The Bertz CT molecular complexity index is 591. The summed E-state index contributed by atoms with van der Waals surface area (Å²) >= 11 is 0. The van der Waals surface area contributed by atoms with E-state index in [1.807, 2.05) is 32.0 Å². The van der Waals surface area contributed by atoms with Crippen molar-refractivity contribution in [3.63, 3.8) is 0 Å². The molecule has 0 bridgehead atoms. The van der Waals surface area contributed by atoms with Crippen LogP contribution in [0.1, 0.15) is 28.3 Å². The molecule has 0 fully saturated rings. The second-order valence-corrected chi connectivity index (χ2v) is 4.96. The highest BCUT2D eigenvalue weighted by atomic mass is 19.1. The molecule has 0 aliphatic heterocycles. The third-order valence-electron chi connectivity index (χ3n) is 3.59. The lowest BCUT2D eigenvalue weighted by Crippen LogP contribution is -2.30. The monoisotopic (exact) mass is 276 g/mol. The van der Waals surface area contributed by atoms with Crippen LogP contribution in [-0.2, 0) is 6.42 Å². The highest BCUT2D eigenvalue weighted by Gasteiger charge is 2.17. The van der Waals surface area contributed by atoms with Gasteiger partial charge in [-0.3, -0.25) is 11.3 Å². The van der Waals surface area contributed by atoms with E-state index in [1.54, 1.807) is 0 Å². The highest BCUT2D eigenvalue weighted by Crippen LogP contribution is 2.25. The fourth-order valence-corrected chi connectivity index (χ4v) is 2.42. The van der Waals surface area contributed by atoms with Crippen molar-refractivity contribution < 1.29 is 8.78 Å². The first kappa shape index (κ1) is 14.6. The first-order chi connectivity index (χ1) is 9.52. The Morgan fingerprint density at radius 3 is 2.35 bits per heavy atom. The summed E-state index contributed by atoms with van der Waals surface area (Å²) in [5.41, 5.74) is 6.15. The molecule has 4 heteroatoms. The Labute approximate surface area is 117 Å². The molecule has 106 valence electrons. The van der Waals surface area contributed by atoms with Crippen molar-refractivity contribution in [2.45, 2.75) is 26.3 Å². The number of nitrogens with two attached hydrogens (primary N) is 1. The normalized spacial score (nSPS) is 12.4. The van der Waals surface area contributed by atoms with E-state index in [0.29, 0.717) is 6.42 Å². The third kappa shape index (κ3) is 3.03. The zero-order chi connectivity index (χ0) is 14.7. The summed E-state index contributed by atoms with van der Waals surface area (Å²) in [5, 5.41) is 0. The Kier molecular flexibility index (Phi) is 4.47. The number of nitrogens with one attached hydrogen (secondary N) is 1. The van der Waals surface area contributed by atoms with E-state index in [9.17, 15) is 8.78 Å². The molecule has 0 saturated heterocycles. The number of aryl methyl sites for hydroxylation is 2. The third-order valence-corrected chi connectivity index (χ3v) is 3.59. The van der Waals surface area contributed by atoms with Gasteiger partial charge in [0.2, 0.25) is 0 Å². The second-order valence-electron chi connectivity index (χ2n) is 4.96. The van der Waals surface area contributed by atoms with Crippen molar-refractivity contribution in [2.24, 2.45) is 5.84 Å². The summed E-state index contributed by atoms with van der Waals surface area (Å²) in [4.78, 5) is 0. The fourth-order valence-electron chi connectivity index (χ4n) is 2.42. The standard InChI is InChI=1S/C16H18F2N2/c1-10-4-3-5-11(2)13(10)9-16(20-19)14-8-12(17)6-7-15(14)18/h3-8,16,20H,9,19H2,1-2H3. The molecule has 20 heavy (non-hydrogen) atoms. The molecular weight excluding hydrogens is 258 g/mol. The predicted molar refractivity (Wildman–Crippen MR) is 76.0 cm³/mol. The summed E-state index contributed by atoms with van der Waals surface area (Å²) in [7, 11) is 0. The van der Waals surface area contributed by atoms with Gasteiger partial charge < -0.3 is 0 Å². The largest absolute Gasteiger partial charge is 0.271 e. The van der Waals surface area contributed by atoms with Gasteiger partial charge in [-0.2, -0.15) is 0 Å². The first-order valence-electron chi connectivity index (χ1n) is 6.49. The van der Waals surface area contributed by atoms with Crippen molar-refractivity contribution in [3.8, 4) is 0 Å². The molecule has 0 radical (unpaired) electrons. The molecule has 0 saturated carbocycles. The minimum atomic E-state index is -0.469. The van der Waals surface area contributed by atoms with Crippen LogP contribution >= 0.6 is 0 Å². The molecule has 3 N–H and O–H groups in total. The number of hydrogen-bond acceptors (Lipinski definition) is 2. The van der Waals surface area contributed by atoms with E-state index in [4.69, 9.17) is 5.84 Å². The lowest BCUT2D eigenvalue weighted by molar-refractivity contribution is 0.501. The molecule has 2 rings (SSSR count). The maximum Gasteiger partial charge on any atom is 0.128 e. The van der Waals surface area contributed by atoms with Crippen LogP contribution in [0.25, 0.3) is 0 Å². The predicted octanol–water partition coefficient (Wildman–Crippen LogP) is 3.33. The molecular formula is C16H18F2N2. The van der Waals surface area contributed by atoms with E-state index in [-0.39, 0.29) is 5.56 Å². The maximum atomic E-state index is 13.8. The minimum absolute atomic E-state index is 0.246. The van der Waals surface area contributed by atoms with Gasteiger partial charge in [-0.25, -0.2) is 8.78 Å². The van der Waals surface area contributed by atoms with Crippen molar-refractivity contribution in [1.29, 1.82) is 0 Å². The van der Waals surface area contributed by atoms with Gasteiger partial charge in [-0.05, 0) is 55.2 Å². The van der Waals surface area contributed by atoms with Crippen LogP contribution in [0, 0.1) is 25.5 Å². The molecule has 1 atom stereocenters. The zero-order valence-corrected chi connectivity index (χ0v) is 11.6. The van der Waals surface area contributed by atoms with E-state index in [1.165, 1.54) is 6.07 Å². The molecule has 0 aromatic heterocycles. The minimum Gasteiger partial charge on any atom is -0.271 e. The average molecular weight is 276 g/mol. The zero-order valence-electron chi connectivity index (χ0n) is 11.6. The number of benzene rings is 2. The summed E-state index contributed by atoms with van der Waals surface area (Å²) in [6, 6.07) is 8.92. The molecule has 2 aromatic carbocycles. The Morgan fingerprint density at radius 2 is 1.75 bits per heavy atom. The molecule has 2 aromatic rings. The number of hydrazine groups is 1. The van der Waals surface area contributed by atoms with Crippen molar-refractivity contribution >= 4 is 0 Å². The Morgan fingerprint density at radius 1 is 1.10 bits per heavy atom. The van der Waals surface area contributed by atoms with E-state index >= 15 is 0 Å². The quantitative estimate of drug-likeness (QED) is 0.664. The lowest BCUT2D eigenvalue weighted by Gasteiger charge is -2.20. The number of halogens is 2. The van der Waals surface area contributed by atoms with Crippen molar-refractivity contribution in [2.75, 3.05) is 0 Å².